The molecule has 1 heterocycles. The van der Waals surface area contributed by atoms with Crippen molar-refractivity contribution in [3.05, 3.63) is 11.3 Å². The zero-order chi connectivity index (χ0) is 13.5. The third-order valence-electron chi connectivity index (χ3n) is 3.32. The fourth-order valence-electron chi connectivity index (χ4n) is 2.21. The molecule has 1 aliphatic carbocycles. The van der Waals surface area contributed by atoms with Gasteiger partial charge in [0.25, 0.3) is 0 Å². The average molecular weight is 253 g/mol. The Labute approximate surface area is 106 Å². The van der Waals surface area contributed by atoms with Gasteiger partial charge in [-0.05, 0) is 45.1 Å². The summed E-state index contributed by atoms with van der Waals surface area (Å²) in [6, 6.07) is 0. The van der Waals surface area contributed by atoms with Gasteiger partial charge in [0, 0.05) is 0 Å². The number of carboxylic acids is 1. The van der Waals surface area contributed by atoms with Gasteiger partial charge >= 0.3 is 12.1 Å². The summed E-state index contributed by atoms with van der Waals surface area (Å²) in [7, 11) is 0. The zero-order valence-corrected chi connectivity index (χ0v) is 11.0. The van der Waals surface area contributed by atoms with Crippen LogP contribution >= 0.6 is 0 Å². The molecule has 0 bridgehead atoms. The van der Waals surface area contributed by atoms with Crippen LogP contribution in [0.2, 0.25) is 0 Å². The second-order valence-electron chi connectivity index (χ2n) is 5.87. The molecule has 1 saturated carbocycles. The van der Waals surface area contributed by atoms with Gasteiger partial charge < -0.3 is 9.84 Å². The van der Waals surface area contributed by atoms with Gasteiger partial charge in [-0.15, -0.1) is 0 Å². The molecule has 100 valence electrons. The summed E-state index contributed by atoms with van der Waals surface area (Å²) < 4.78 is 5.19. The number of rotatable bonds is 2. The standard InChI is InChI=1S/C13H19NO4/c1-13(2,3)18-12(17)14-7-9(8-5-4-6-8)10(14)11(15)16/h8H,4-7H2,1-3H3,(H,15,16). The van der Waals surface area contributed by atoms with Crippen LogP contribution in [0.4, 0.5) is 4.79 Å². The van der Waals surface area contributed by atoms with E-state index >= 15 is 0 Å². The van der Waals surface area contributed by atoms with Crippen LogP contribution in [-0.4, -0.2) is 34.2 Å². The number of ether oxygens (including phenoxy) is 1. The number of carbonyl (C=O) groups excluding carboxylic acids is 1. The predicted octanol–water partition coefficient (Wildman–Crippen LogP) is 2.38. The van der Waals surface area contributed by atoms with Crippen molar-refractivity contribution >= 4 is 12.1 Å². The summed E-state index contributed by atoms with van der Waals surface area (Å²) in [5, 5.41) is 9.18. The molecular formula is C13H19NO4. The van der Waals surface area contributed by atoms with E-state index in [0.29, 0.717) is 12.5 Å². The number of hydrogen-bond acceptors (Lipinski definition) is 3. The molecule has 0 saturated heterocycles. The van der Waals surface area contributed by atoms with E-state index in [4.69, 9.17) is 4.74 Å². The van der Waals surface area contributed by atoms with Gasteiger partial charge in [-0.25, -0.2) is 9.59 Å². The van der Waals surface area contributed by atoms with Crippen molar-refractivity contribution in [3.63, 3.8) is 0 Å². The number of carboxylic acid groups (broad SMARTS) is 1. The lowest BCUT2D eigenvalue weighted by atomic mass is 9.76. The van der Waals surface area contributed by atoms with Crippen LogP contribution in [0.15, 0.2) is 11.3 Å². The topological polar surface area (TPSA) is 66.8 Å². The first-order chi connectivity index (χ1) is 8.29. The Morgan fingerprint density at radius 3 is 2.33 bits per heavy atom. The Hall–Kier alpha value is -1.52. The summed E-state index contributed by atoms with van der Waals surface area (Å²) in [5.41, 5.74) is 0.431. The van der Waals surface area contributed by atoms with Crippen LogP contribution < -0.4 is 0 Å². The highest BCUT2D eigenvalue weighted by Gasteiger charge is 2.42. The molecule has 1 aliphatic heterocycles. The summed E-state index contributed by atoms with van der Waals surface area (Å²) >= 11 is 0. The van der Waals surface area contributed by atoms with Crippen LogP contribution in [0.1, 0.15) is 40.0 Å². The zero-order valence-electron chi connectivity index (χ0n) is 11.0. The number of amides is 1. The molecule has 1 fully saturated rings. The Kier molecular flexibility index (Phi) is 3.09. The van der Waals surface area contributed by atoms with Gasteiger partial charge in [-0.3, -0.25) is 4.90 Å². The van der Waals surface area contributed by atoms with Gasteiger partial charge in [-0.1, -0.05) is 6.42 Å². The van der Waals surface area contributed by atoms with E-state index in [9.17, 15) is 14.7 Å². The molecule has 0 aromatic heterocycles. The maximum Gasteiger partial charge on any atom is 0.415 e. The largest absolute Gasteiger partial charge is 0.477 e. The van der Waals surface area contributed by atoms with Crippen molar-refractivity contribution in [1.82, 2.24) is 4.90 Å². The van der Waals surface area contributed by atoms with E-state index < -0.39 is 17.7 Å². The average Bonchev–Trinajstić information content (AvgIpc) is 2.02. The SMILES string of the molecule is CC(C)(C)OC(=O)N1CC(C2CCC2)=C1C(=O)O. The minimum Gasteiger partial charge on any atom is -0.477 e. The van der Waals surface area contributed by atoms with Crippen molar-refractivity contribution in [2.75, 3.05) is 6.54 Å². The fraction of sp³-hybridized carbons (Fsp3) is 0.692. The van der Waals surface area contributed by atoms with E-state index in [1.807, 2.05) is 0 Å². The van der Waals surface area contributed by atoms with Crippen molar-refractivity contribution in [3.8, 4) is 0 Å². The second kappa shape index (κ2) is 4.30. The number of carbonyl (C=O) groups is 2. The van der Waals surface area contributed by atoms with Gasteiger partial charge in [0.1, 0.15) is 11.3 Å². The molecular weight excluding hydrogens is 234 g/mol. The van der Waals surface area contributed by atoms with Crippen LogP contribution in [0.3, 0.4) is 0 Å². The molecule has 0 spiro atoms. The molecule has 0 aromatic rings. The first kappa shape index (κ1) is 12.9. The monoisotopic (exact) mass is 253 g/mol. The third kappa shape index (κ3) is 2.35. The molecule has 5 nitrogen and oxygen atoms in total. The maximum absolute atomic E-state index is 11.8. The summed E-state index contributed by atoms with van der Waals surface area (Å²) in [6.45, 7) is 5.70. The molecule has 0 aromatic carbocycles. The Bertz CT molecular complexity index is 415. The van der Waals surface area contributed by atoms with E-state index in [1.165, 1.54) is 4.90 Å². The van der Waals surface area contributed by atoms with Crippen LogP contribution in [0, 0.1) is 5.92 Å². The van der Waals surface area contributed by atoms with Gasteiger partial charge in [-0.2, -0.15) is 0 Å². The van der Waals surface area contributed by atoms with Crippen molar-refractivity contribution in [2.24, 2.45) is 5.92 Å². The fourth-order valence-corrected chi connectivity index (χ4v) is 2.21. The lowest BCUT2D eigenvalue weighted by Crippen LogP contribution is -2.48. The lowest BCUT2D eigenvalue weighted by Gasteiger charge is -2.41. The number of nitrogens with zero attached hydrogens (tertiary/aromatic N) is 1. The minimum atomic E-state index is -1.03. The molecule has 2 aliphatic rings. The summed E-state index contributed by atoms with van der Waals surface area (Å²) in [5.74, 6) is -0.677. The molecule has 5 heteroatoms. The molecule has 1 N–H and O–H groups in total. The third-order valence-corrected chi connectivity index (χ3v) is 3.32. The highest BCUT2D eigenvalue weighted by atomic mass is 16.6. The molecule has 18 heavy (non-hydrogen) atoms. The Balaban J connectivity index is 2.10. The summed E-state index contributed by atoms with van der Waals surface area (Å²) in [4.78, 5) is 24.3. The number of hydrogen-bond donors (Lipinski definition) is 1. The van der Waals surface area contributed by atoms with Crippen molar-refractivity contribution in [2.45, 2.75) is 45.6 Å². The summed E-state index contributed by atoms with van der Waals surface area (Å²) in [6.07, 6.45) is 2.65. The lowest BCUT2D eigenvalue weighted by molar-refractivity contribution is -0.135. The van der Waals surface area contributed by atoms with E-state index in [0.717, 1.165) is 24.8 Å². The second-order valence-corrected chi connectivity index (χ2v) is 5.87. The maximum atomic E-state index is 11.8. The Morgan fingerprint density at radius 1 is 1.33 bits per heavy atom. The van der Waals surface area contributed by atoms with E-state index in [1.54, 1.807) is 20.8 Å². The van der Waals surface area contributed by atoms with Gasteiger partial charge in [0.15, 0.2) is 0 Å². The van der Waals surface area contributed by atoms with Crippen LogP contribution in [-0.2, 0) is 9.53 Å². The van der Waals surface area contributed by atoms with E-state index in [-0.39, 0.29) is 5.70 Å². The predicted molar refractivity (Wildman–Crippen MR) is 64.9 cm³/mol. The highest BCUT2D eigenvalue weighted by Crippen LogP contribution is 2.41. The quantitative estimate of drug-likeness (QED) is 0.820. The first-order valence-corrected chi connectivity index (χ1v) is 6.26. The molecule has 0 atom stereocenters. The van der Waals surface area contributed by atoms with Crippen LogP contribution in [0.5, 0.6) is 0 Å². The van der Waals surface area contributed by atoms with Crippen molar-refractivity contribution < 1.29 is 19.4 Å². The van der Waals surface area contributed by atoms with Gasteiger partial charge in [0.05, 0.1) is 6.54 Å². The molecule has 0 unspecified atom stereocenters. The highest BCUT2D eigenvalue weighted by molar-refractivity contribution is 5.94. The smallest absolute Gasteiger partial charge is 0.415 e. The molecule has 1 amide bonds. The van der Waals surface area contributed by atoms with Gasteiger partial charge in [0.2, 0.25) is 0 Å². The normalized spacial score (nSPS) is 20.3. The Morgan fingerprint density at radius 2 is 1.94 bits per heavy atom. The van der Waals surface area contributed by atoms with E-state index in [2.05, 4.69) is 0 Å². The first-order valence-electron chi connectivity index (χ1n) is 6.26. The molecule has 0 radical (unpaired) electrons. The van der Waals surface area contributed by atoms with Crippen LogP contribution in [0.25, 0.3) is 0 Å². The molecule has 2 rings (SSSR count). The number of aliphatic carboxylic acids is 1. The minimum absolute atomic E-state index is 0.133. The van der Waals surface area contributed by atoms with Crippen molar-refractivity contribution in [1.29, 1.82) is 0 Å².